The smallest absolute Gasteiger partial charge is 0.269 e. The Balaban J connectivity index is 2.23. The molecule has 0 saturated heterocycles. The monoisotopic (exact) mass is 264 g/mol. The quantitative estimate of drug-likeness (QED) is 0.835. The van der Waals surface area contributed by atoms with Crippen LogP contribution in [0.2, 0.25) is 0 Å². The molecule has 3 nitrogen and oxygen atoms in total. The van der Waals surface area contributed by atoms with Crippen molar-refractivity contribution < 1.29 is 0 Å². The van der Waals surface area contributed by atoms with Gasteiger partial charge in [-0.05, 0) is 61.6 Å². The van der Waals surface area contributed by atoms with E-state index in [1.54, 1.807) is 10.6 Å². The molecule has 0 atom stereocenters. The molecule has 1 aliphatic carbocycles. The Bertz CT molecular complexity index is 777. The minimum Gasteiger partial charge on any atom is -0.304 e. The highest BCUT2D eigenvalue weighted by Crippen LogP contribution is 2.37. The molecule has 1 saturated carbocycles. The van der Waals surface area contributed by atoms with Gasteiger partial charge in [0, 0.05) is 6.04 Å². The lowest BCUT2D eigenvalue weighted by Crippen LogP contribution is -2.23. The Hall–Kier alpha value is -2.34. The molecule has 0 aliphatic heterocycles. The molecule has 0 bridgehead atoms. The second-order valence-corrected chi connectivity index (χ2v) is 5.45. The molecule has 20 heavy (non-hydrogen) atoms. The van der Waals surface area contributed by atoms with Crippen molar-refractivity contribution in [1.29, 1.82) is 5.26 Å². The number of nitrogens with zero attached hydrogens (tertiary/aromatic N) is 2. The molecule has 1 fully saturated rings. The Morgan fingerprint density at radius 3 is 2.50 bits per heavy atom. The first kappa shape index (κ1) is 12.7. The molecule has 3 heteroatoms. The number of hydrogen-bond donors (Lipinski definition) is 0. The Morgan fingerprint density at radius 1 is 1.15 bits per heavy atom. The maximum atomic E-state index is 12.4. The zero-order valence-electron chi connectivity index (χ0n) is 11.7. The maximum Gasteiger partial charge on any atom is 0.269 e. The van der Waals surface area contributed by atoms with Crippen molar-refractivity contribution in [3.05, 3.63) is 57.4 Å². The number of rotatable bonds is 2. The van der Waals surface area contributed by atoms with E-state index in [0.29, 0.717) is 0 Å². The van der Waals surface area contributed by atoms with Crippen LogP contribution < -0.4 is 5.56 Å². The molecule has 1 heterocycles. The fraction of sp³-hybridized carbons (Fsp3) is 0.294. The van der Waals surface area contributed by atoms with E-state index < -0.39 is 0 Å². The van der Waals surface area contributed by atoms with Crippen molar-refractivity contribution >= 4 is 0 Å². The molecule has 0 unspecified atom stereocenters. The summed E-state index contributed by atoms with van der Waals surface area (Å²) >= 11 is 0. The fourth-order valence-electron chi connectivity index (χ4n) is 2.47. The van der Waals surface area contributed by atoms with Gasteiger partial charge in [-0.3, -0.25) is 4.79 Å². The van der Waals surface area contributed by atoms with Crippen molar-refractivity contribution in [2.45, 2.75) is 32.7 Å². The summed E-state index contributed by atoms with van der Waals surface area (Å²) in [5.41, 5.74) is 4.47. The topological polar surface area (TPSA) is 45.8 Å². The molecule has 1 aromatic heterocycles. The van der Waals surface area contributed by atoms with Crippen LogP contribution in [0.3, 0.4) is 0 Å². The molecule has 2 aromatic rings. The zero-order chi connectivity index (χ0) is 14.3. The molecular weight excluding hydrogens is 248 g/mol. The lowest BCUT2D eigenvalue weighted by atomic mass is 10.0. The highest BCUT2D eigenvalue weighted by Gasteiger charge is 2.28. The Kier molecular flexibility index (Phi) is 2.94. The summed E-state index contributed by atoms with van der Waals surface area (Å²) in [5.74, 6) is 0. The van der Waals surface area contributed by atoms with Gasteiger partial charge in [0.15, 0.2) is 0 Å². The minimum absolute atomic E-state index is 0.161. The predicted molar refractivity (Wildman–Crippen MR) is 78.6 cm³/mol. The average molecular weight is 264 g/mol. The van der Waals surface area contributed by atoms with Crippen molar-refractivity contribution in [3.63, 3.8) is 0 Å². The molecular formula is C17H16N2O. The van der Waals surface area contributed by atoms with Crippen molar-refractivity contribution in [2.75, 3.05) is 0 Å². The SMILES string of the molecule is Cc1ccc(-c2ccc(C#N)c(=O)n2C2CC2)cc1C. The summed E-state index contributed by atoms with van der Waals surface area (Å²) in [4.78, 5) is 12.4. The van der Waals surface area contributed by atoms with Gasteiger partial charge in [-0.25, -0.2) is 0 Å². The van der Waals surface area contributed by atoms with E-state index in [1.165, 1.54) is 11.1 Å². The summed E-state index contributed by atoms with van der Waals surface area (Å²) in [7, 11) is 0. The van der Waals surface area contributed by atoms with Gasteiger partial charge in [-0.15, -0.1) is 0 Å². The first-order valence-corrected chi connectivity index (χ1v) is 6.85. The second-order valence-electron chi connectivity index (χ2n) is 5.45. The second kappa shape index (κ2) is 4.64. The number of benzene rings is 1. The summed E-state index contributed by atoms with van der Waals surface area (Å²) in [6.07, 6.45) is 2.04. The molecule has 100 valence electrons. The minimum atomic E-state index is -0.161. The van der Waals surface area contributed by atoms with E-state index in [1.807, 2.05) is 18.2 Å². The lowest BCUT2D eigenvalue weighted by Gasteiger charge is -2.13. The largest absolute Gasteiger partial charge is 0.304 e. The number of aryl methyl sites for hydroxylation is 2. The van der Waals surface area contributed by atoms with Crippen molar-refractivity contribution in [1.82, 2.24) is 4.57 Å². The molecule has 0 spiro atoms. The van der Waals surface area contributed by atoms with Crippen LogP contribution in [0, 0.1) is 25.2 Å². The summed E-state index contributed by atoms with van der Waals surface area (Å²) < 4.78 is 1.79. The molecule has 0 amide bonds. The summed E-state index contributed by atoms with van der Waals surface area (Å²) in [6, 6.07) is 12.0. The van der Waals surface area contributed by atoms with Crippen LogP contribution in [0.4, 0.5) is 0 Å². The molecule has 0 N–H and O–H groups in total. The van der Waals surface area contributed by atoms with Crippen LogP contribution in [0.5, 0.6) is 0 Å². The molecule has 1 aromatic carbocycles. The van der Waals surface area contributed by atoms with Gasteiger partial charge >= 0.3 is 0 Å². The van der Waals surface area contributed by atoms with Crippen LogP contribution in [0.15, 0.2) is 35.1 Å². The predicted octanol–water partition coefficient (Wildman–Crippen LogP) is 3.34. The van der Waals surface area contributed by atoms with Crippen LogP contribution in [-0.2, 0) is 0 Å². The highest BCUT2D eigenvalue weighted by molar-refractivity contribution is 5.62. The fourth-order valence-corrected chi connectivity index (χ4v) is 2.47. The molecule has 1 aliphatic rings. The van der Waals surface area contributed by atoms with Crippen LogP contribution in [0.25, 0.3) is 11.3 Å². The van der Waals surface area contributed by atoms with Gasteiger partial charge in [0.25, 0.3) is 5.56 Å². The molecule has 3 rings (SSSR count). The van der Waals surface area contributed by atoms with Crippen molar-refractivity contribution in [2.24, 2.45) is 0 Å². The van der Waals surface area contributed by atoms with Gasteiger partial charge in [0.2, 0.25) is 0 Å². The van der Waals surface area contributed by atoms with E-state index in [9.17, 15) is 4.79 Å². The van der Waals surface area contributed by atoms with Crippen molar-refractivity contribution in [3.8, 4) is 17.3 Å². The Morgan fingerprint density at radius 2 is 1.90 bits per heavy atom. The van der Waals surface area contributed by atoms with Gasteiger partial charge in [-0.1, -0.05) is 12.1 Å². The maximum absolute atomic E-state index is 12.4. The van der Waals surface area contributed by atoms with Gasteiger partial charge in [-0.2, -0.15) is 5.26 Å². The Labute approximate surface area is 118 Å². The van der Waals surface area contributed by atoms with Gasteiger partial charge < -0.3 is 4.57 Å². The van der Waals surface area contributed by atoms with Crippen LogP contribution >= 0.6 is 0 Å². The zero-order valence-corrected chi connectivity index (χ0v) is 11.7. The lowest BCUT2D eigenvalue weighted by molar-refractivity contribution is 0.713. The third kappa shape index (κ3) is 2.04. The normalized spacial score (nSPS) is 14.1. The van der Waals surface area contributed by atoms with E-state index in [4.69, 9.17) is 5.26 Å². The first-order valence-electron chi connectivity index (χ1n) is 6.85. The van der Waals surface area contributed by atoms with E-state index in [-0.39, 0.29) is 17.2 Å². The number of pyridine rings is 1. The van der Waals surface area contributed by atoms with Crippen LogP contribution in [-0.4, -0.2) is 4.57 Å². The summed E-state index contributed by atoms with van der Waals surface area (Å²) in [6.45, 7) is 4.15. The van der Waals surface area contributed by atoms with E-state index in [2.05, 4.69) is 26.0 Å². The number of nitriles is 1. The average Bonchev–Trinajstić information content (AvgIpc) is 3.26. The van der Waals surface area contributed by atoms with E-state index >= 15 is 0 Å². The summed E-state index contributed by atoms with van der Waals surface area (Å²) in [5, 5.41) is 9.02. The third-order valence-corrected chi connectivity index (χ3v) is 3.95. The number of hydrogen-bond acceptors (Lipinski definition) is 2. The van der Waals surface area contributed by atoms with E-state index in [0.717, 1.165) is 24.1 Å². The first-order chi connectivity index (χ1) is 9.61. The van der Waals surface area contributed by atoms with Crippen LogP contribution in [0.1, 0.15) is 35.6 Å². The highest BCUT2D eigenvalue weighted by atomic mass is 16.1. The third-order valence-electron chi connectivity index (χ3n) is 3.95. The van der Waals surface area contributed by atoms with Gasteiger partial charge in [0.1, 0.15) is 11.6 Å². The molecule has 0 radical (unpaired) electrons. The standard InChI is InChI=1S/C17H16N2O/c1-11-3-4-13(9-12(11)2)16-8-5-14(10-18)17(20)19(16)15-6-7-15/h3-5,8-9,15H,6-7H2,1-2H3. The number of aromatic nitrogens is 1. The van der Waals surface area contributed by atoms with Gasteiger partial charge in [0.05, 0.1) is 5.69 Å².